The number of benzene rings is 3. The first kappa shape index (κ1) is 15.0. The molecule has 0 spiro atoms. The lowest BCUT2D eigenvalue weighted by molar-refractivity contribution is 0.289. The molecule has 1 heterocycles. The minimum absolute atomic E-state index is 0.365. The fraction of sp³-hybridized carbons (Fsp3) is 0.217. The molecule has 24 heavy (non-hydrogen) atoms. The molecule has 3 aromatic rings. The SMILES string of the molecule is C(#CC1CCCN1Cc1cccc2ccccc12)c1ccccc1. The van der Waals surface area contributed by atoms with E-state index < -0.39 is 0 Å². The highest BCUT2D eigenvalue weighted by molar-refractivity contribution is 5.85. The lowest BCUT2D eigenvalue weighted by atomic mass is 10.0. The Morgan fingerprint density at radius 2 is 1.67 bits per heavy atom. The second-order valence-electron chi connectivity index (χ2n) is 6.40. The van der Waals surface area contributed by atoms with Gasteiger partial charge in [-0.05, 0) is 47.9 Å². The van der Waals surface area contributed by atoms with Crippen LogP contribution in [0.2, 0.25) is 0 Å². The van der Waals surface area contributed by atoms with Crippen LogP contribution in [0, 0.1) is 11.8 Å². The summed E-state index contributed by atoms with van der Waals surface area (Å²) in [5, 5.41) is 2.68. The molecule has 1 heteroatoms. The van der Waals surface area contributed by atoms with Crippen LogP contribution >= 0.6 is 0 Å². The van der Waals surface area contributed by atoms with Crippen LogP contribution in [0.4, 0.5) is 0 Å². The molecule has 3 aromatic carbocycles. The van der Waals surface area contributed by atoms with E-state index in [1.54, 1.807) is 0 Å². The number of hydrogen-bond acceptors (Lipinski definition) is 1. The molecule has 1 fully saturated rings. The molecule has 0 radical (unpaired) electrons. The predicted molar refractivity (Wildman–Crippen MR) is 101 cm³/mol. The third-order valence-corrected chi connectivity index (χ3v) is 4.77. The van der Waals surface area contributed by atoms with E-state index in [9.17, 15) is 0 Å². The minimum atomic E-state index is 0.365. The van der Waals surface area contributed by atoms with E-state index >= 15 is 0 Å². The summed E-state index contributed by atoms with van der Waals surface area (Å²) in [7, 11) is 0. The summed E-state index contributed by atoms with van der Waals surface area (Å²) in [6.45, 7) is 2.12. The molecule has 0 amide bonds. The smallest absolute Gasteiger partial charge is 0.0721 e. The van der Waals surface area contributed by atoms with E-state index in [-0.39, 0.29) is 0 Å². The lowest BCUT2D eigenvalue weighted by Crippen LogP contribution is -2.27. The van der Waals surface area contributed by atoms with Gasteiger partial charge in [0.25, 0.3) is 0 Å². The van der Waals surface area contributed by atoms with Crippen LogP contribution < -0.4 is 0 Å². The molecule has 0 bridgehead atoms. The van der Waals surface area contributed by atoms with Gasteiger partial charge in [-0.3, -0.25) is 4.90 Å². The zero-order chi connectivity index (χ0) is 16.2. The first-order chi connectivity index (χ1) is 11.9. The van der Waals surface area contributed by atoms with Gasteiger partial charge in [-0.15, -0.1) is 0 Å². The maximum atomic E-state index is 3.49. The molecule has 1 unspecified atom stereocenters. The Morgan fingerprint density at radius 1 is 0.875 bits per heavy atom. The summed E-state index contributed by atoms with van der Waals surface area (Å²) < 4.78 is 0. The Labute approximate surface area is 143 Å². The maximum Gasteiger partial charge on any atom is 0.0721 e. The number of nitrogens with zero attached hydrogens (tertiary/aromatic N) is 1. The van der Waals surface area contributed by atoms with Crippen molar-refractivity contribution in [2.45, 2.75) is 25.4 Å². The monoisotopic (exact) mass is 311 g/mol. The van der Waals surface area contributed by atoms with E-state index in [0.717, 1.165) is 18.7 Å². The van der Waals surface area contributed by atoms with Gasteiger partial charge < -0.3 is 0 Å². The summed E-state index contributed by atoms with van der Waals surface area (Å²) in [5.41, 5.74) is 2.51. The zero-order valence-corrected chi connectivity index (χ0v) is 13.8. The van der Waals surface area contributed by atoms with Gasteiger partial charge in [0.1, 0.15) is 0 Å². The Balaban J connectivity index is 1.56. The van der Waals surface area contributed by atoms with Crippen molar-refractivity contribution in [3.8, 4) is 11.8 Å². The topological polar surface area (TPSA) is 3.24 Å². The Kier molecular flexibility index (Phi) is 4.32. The molecule has 1 atom stereocenters. The second-order valence-corrected chi connectivity index (χ2v) is 6.40. The molecule has 0 aliphatic carbocycles. The Hall–Kier alpha value is -2.56. The molecule has 0 aromatic heterocycles. The van der Waals surface area contributed by atoms with E-state index in [1.807, 2.05) is 18.2 Å². The molecule has 1 aliphatic rings. The molecule has 4 rings (SSSR count). The van der Waals surface area contributed by atoms with Crippen molar-refractivity contribution in [1.29, 1.82) is 0 Å². The average molecular weight is 311 g/mol. The van der Waals surface area contributed by atoms with Gasteiger partial charge in [0.2, 0.25) is 0 Å². The van der Waals surface area contributed by atoms with Gasteiger partial charge in [0.05, 0.1) is 6.04 Å². The first-order valence-corrected chi connectivity index (χ1v) is 8.67. The van der Waals surface area contributed by atoms with Crippen LogP contribution in [0.25, 0.3) is 10.8 Å². The van der Waals surface area contributed by atoms with Gasteiger partial charge in [0, 0.05) is 12.1 Å². The fourth-order valence-corrected chi connectivity index (χ4v) is 3.52. The van der Waals surface area contributed by atoms with Crippen LogP contribution in [0.1, 0.15) is 24.0 Å². The van der Waals surface area contributed by atoms with Crippen molar-refractivity contribution in [2.24, 2.45) is 0 Å². The van der Waals surface area contributed by atoms with Gasteiger partial charge in [0.15, 0.2) is 0 Å². The summed E-state index contributed by atoms with van der Waals surface area (Å²) in [6.07, 6.45) is 2.41. The van der Waals surface area contributed by atoms with Crippen molar-refractivity contribution >= 4 is 10.8 Å². The van der Waals surface area contributed by atoms with Crippen LogP contribution in [0.5, 0.6) is 0 Å². The Bertz CT molecular complexity index is 881. The second kappa shape index (κ2) is 6.91. The molecule has 0 saturated carbocycles. The van der Waals surface area contributed by atoms with Gasteiger partial charge in [-0.2, -0.15) is 0 Å². The molecule has 1 saturated heterocycles. The highest BCUT2D eigenvalue weighted by Gasteiger charge is 2.23. The van der Waals surface area contributed by atoms with Crippen molar-refractivity contribution in [2.75, 3.05) is 6.54 Å². The number of hydrogen-bond donors (Lipinski definition) is 0. The van der Waals surface area contributed by atoms with Crippen LogP contribution in [0.3, 0.4) is 0 Å². The first-order valence-electron chi connectivity index (χ1n) is 8.67. The predicted octanol–water partition coefficient (Wildman–Crippen LogP) is 4.86. The molecule has 118 valence electrons. The summed E-state index contributed by atoms with van der Waals surface area (Å²) in [4.78, 5) is 2.53. The quantitative estimate of drug-likeness (QED) is 0.611. The van der Waals surface area contributed by atoms with E-state index in [1.165, 1.54) is 29.2 Å². The van der Waals surface area contributed by atoms with Crippen molar-refractivity contribution in [3.63, 3.8) is 0 Å². The van der Waals surface area contributed by atoms with Crippen LogP contribution in [-0.4, -0.2) is 17.5 Å². The lowest BCUT2D eigenvalue weighted by Gasteiger charge is -2.21. The number of rotatable bonds is 2. The molecule has 1 nitrogen and oxygen atoms in total. The van der Waals surface area contributed by atoms with Gasteiger partial charge >= 0.3 is 0 Å². The molecular weight excluding hydrogens is 290 g/mol. The molecular formula is C23H21N. The highest BCUT2D eigenvalue weighted by atomic mass is 15.2. The molecule has 1 aliphatic heterocycles. The fourth-order valence-electron chi connectivity index (χ4n) is 3.52. The summed E-state index contributed by atoms with van der Waals surface area (Å²) in [5.74, 6) is 6.84. The summed E-state index contributed by atoms with van der Waals surface area (Å²) >= 11 is 0. The zero-order valence-electron chi connectivity index (χ0n) is 13.8. The van der Waals surface area contributed by atoms with E-state index in [4.69, 9.17) is 0 Å². The summed E-state index contributed by atoms with van der Waals surface area (Å²) in [6, 6.07) is 25.9. The highest BCUT2D eigenvalue weighted by Crippen LogP contribution is 2.24. The average Bonchev–Trinajstić information content (AvgIpc) is 3.08. The normalized spacial score (nSPS) is 17.6. The van der Waals surface area contributed by atoms with Gasteiger partial charge in [-0.25, -0.2) is 0 Å². The van der Waals surface area contributed by atoms with E-state index in [0.29, 0.717) is 6.04 Å². The number of fused-ring (bicyclic) bond motifs is 1. The minimum Gasteiger partial charge on any atom is -0.285 e. The van der Waals surface area contributed by atoms with Crippen molar-refractivity contribution < 1.29 is 0 Å². The third-order valence-electron chi connectivity index (χ3n) is 4.77. The third kappa shape index (κ3) is 3.20. The Morgan fingerprint density at radius 3 is 2.58 bits per heavy atom. The maximum absolute atomic E-state index is 3.49. The van der Waals surface area contributed by atoms with Crippen LogP contribution in [0.15, 0.2) is 72.8 Å². The van der Waals surface area contributed by atoms with Crippen molar-refractivity contribution in [1.82, 2.24) is 4.90 Å². The van der Waals surface area contributed by atoms with E-state index in [2.05, 4.69) is 71.3 Å². The van der Waals surface area contributed by atoms with Crippen molar-refractivity contribution in [3.05, 3.63) is 83.9 Å². The standard InChI is InChI=1S/C23H21N/c1-2-8-19(9-3-1)15-16-22-13-7-17-24(22)18-21-12-6-11-20-10-4-5-14-23(20)21/h1-6,8-12,14,22H,7,13,17-18H2. The molecule has 0 N–H and O–H groups in total. The van der Waals surface area contributed by atoms with Gasteiger partial charge in [-0.1, -0.05) is 72.5 Å². The van der Waals surface area contributed by atoms with Crippen LogP contribution in [-0.2, 0) is 6.54 Å². The number of likely N-dealkylation sites (tertiary alicyclic amines) is 1. The largest absolute Gasteiger partial charge is 0.285 e.